The van der Waals surface area contributed by atoms with E-state index in [1.807, 2.05) is 0 Å². The number of benzene rings is 2. The SMILES string of the molecule is COc1ccc(C(O)=C2C(=O)C(=O)N(C[C@@H]3CCCO3)[C@@H]2c2ccccc2F)cc1. The van der Waals surface area contributed by atoms with Gasteiger partial charge in [0.25, 0.3) is 11.7 Å². The Morgan fingerprint density at radius 2 is 1.93 bits per heavy atom. The minimum atomic E-state index is -1.03. The summed E-state index contributed by atoms with van der Waals surface area (Å²) in [7, 11) is 1.52. The molecule has 2 atom stereocenters. The van der Waals surface area contributed by atoms with E-state index in [0.717, 1.165) is 12.8 Å². The van der Waals surface area contributed by atoms with Gasteiger partial charge in [-0.05, 0) is 43.2 Å². The summed E-state index contributed by atoms with van der Waals surface area (Å²) >= 11 is 0. The second-order valence-electron chi connectivity index (χ2n) is 7.34. The smallest absolute Gasteiger partial charge is 0.295 e. The maximum Gasteiger partial charge on any atom is 0.295 e. The molecule has 1 N–H and O–H groups in total. The van der Waals surface area contributed by atoms with Gasteiger partial charge in [0.1, 0.15) is 17.3 Å². The number of aliphatic hydroxyl groups excluding tert-OH is 1. The van der Waals surface area contributed by atoms with Crippen LogP contribution in [0.2, 0.25) is 0 Å². The largest absolute Gasteiger partial charge is 0.507 e. The molecule has 0 unspecified atom stereocenters. The van der Waals surface area contributed by atoms with E-state index in [4.69, 9.17) is 9.47 Å². The molecule has 30 heavy (non-hydrogen) atoms. The molecule has 2 fully saturated rings. The number of hydrogen-bond acceptors (Lipinski definition) is 5. The van der Waals surface area contributed by atoms with E-state index in [2.05, 4.69) is 0 Å². The van der Waals surface area contributed by atoms with E-state index in [9.17, 15) is 19.1 Å². The highest BCUT2D eigenvalue weighted by atomic mass is 19.1. The first-order valence-electron chi connectivity index (χ1n) is 9.80. The van der Waals surface area contributed by atoms with Crippen molar-refractivity contribution in [2.45, 2.75) is 25.0 Å². The predicted octanol–water partition coefficient (Wildman–Crippen LogP) is 3.44. The molecule has 4 rings (SSSR count). The van der Waals surface area contributed by atoms with Crippen LogP contribution in [0.15, 0.2) is 54.1 Å². The first-order chi connectivity index (χ1) is 14.5. The summed E-state index contributed by atoms with van der Waals surface area (Å²) in [5, 5.41) is 11.0. The summed E-state index contributed by atoms with van der Waals surface area (Å²) in [5.74, 6) is -1.93. The standard InChI is InChI=1S/C23H22FNO5/c1-29-15-10-8-14(9-11-15)21(26)19-20(17-6-2-3-7-18(17)24)25(23(28)22(19)27)13-16-5-4-12-30-16/h2-3,6-11,16,20,26H,4-5,12-13H2,1H3/t16-,20+/m0/s1. The van der Waals surface area contributed by atoms with Gasteiger partial charge < -0.3 is 19.5 Å². The minimum absolute atomic E-state index is 0.131. The molecular weight excluding hydrogens is 389 g/mol. The van der Waals surface area contributed by atoms with Crippen LogP contribution in [0.1, 0.15) is 30.0 Å². The predicted molar refractivity (Wildman–Crippen MR) is 107 cm³/mol. The van der Waals surface area contributed by atoms with Crippen LogP contribution in [0.5, 0.6) is 5.75 Å². The van der Waals surface area contributed by atoms with Gasteiger partial charge in [0.2, 0.25) is 0 Å². The number of hydrogen-bond donors (Lipinski definition) is 1. The van der Waals surface area contributed by atoms with Crippen LogP contribution in [-0.2, 0) is 14.3 Å². The molecule has 2 aliphatic rings. The van der Waals surface area contributed by atoms with E-state index in [0.29, 0.717) is 17.9 Å². The van der Waals surface area contributed by atoms with Gasteiger partial charge in [-0.15, -0.1) is 0 Å². The van der Waals surface area contributed by atoms with Gasteiger partial charge >= 0.3 is 0 Å². The number of carbonyl (C=O) groups excluding carboxylic acids is 2. The molecule has 7 heteroatoms. The lowest BCUT2D eigenvalue weighted by Crippen LogP contribution is -2.36. The number of likely N-dealkylation sites (tertiary alicyclic amines) is 1. The maximum absolute atomic E-state index is 14.7. The zero-order valence-electron chi connectivity index (χ0n) is 16.5. The van der Waals surface area contributed by atoms with Gasteiger partial charge in [-0.2, -0.15) is 0 Å². The zero-order chi connectivity index (χ0) is 21.3. The van der Waals surface area contributed by atoms with Crippen molar-refractivity contribution in [3.05, 3.63) is 71.0 Å². The average Bonchev–Trinajstić information content (AvgIpc) is 3.36. The first-order valence-corrected chi connectivity index (χ1v) is 9.80. The number of carbonyl (C=O) groups is 2. The highest BCUT2D eigenvalue weighted by Crippen LogP contribution is 2.41. The molecule has 0 radical (unpaired) electrons. The molecular formula is C23H22FNO5. The average molecular weight is 411 g/mol. The summed E-state index contributed by atoms with van der Waals surface area (Å²) in [6.07, 6.45) is 1.40. The molecule has 156 valence electrons. The third-order valence-corrected chi connectivity index (χ3v) is 5.53. The normalized spacial score (nSPS) is 23.2. The summed E-state index contributed by atoms with van der Waals surface area (Å²) in [6, 6.07) is 11.4. The molecule has 2 aromatic carbocycles. The van der Waals surface area contributed by atoms with Crippen LogP contribution in [0.3, 0.4) is 0 Å². The third-order valence-electron chi connectivity index (χ3n) is 5.53. The molecule has 0 spiro atoms. The molecule has 2 aromatic rings. The van der Waals surface area contributed by atoms with E-state index in [-0.39, 0.29) is 29.5 Å². The molecule has 1 amide bonds. The Hall–Kier alpha value is -3.19. The van der Waals surface area contributed by atoms with Gasteiger partial charge in [0, 0.05) is 24.3 Å². The first kappa shape index (κ1) is 20.1. The molecule has 6 nitrogen and oxygen atoms in total. The fourth-order valence-corrected chi connectivity index (χ4v) is 4.00. The molecule has 2 aliphatic heterocycles. The number of nitrogens with zero attached hydrogens (tertiary/aromatic N) is 1. The van der Waals surface area contributed by atoms with Crippen molar-refractivity contribution in [1.29, 1.82) is 0 Å². The Balaban J connectivity index is 1.82. The Morgan fingerprint density at radius 1 is 1.20 bits per heavy atom. The van der Waals surface area contributed by atoms with Crippen molar-refractivity contribution in [3.63, 3.8) is 0 Å². The van der Waals surface area contributed by atoms with Gasteiger partial charge in [0.15, 0.2) is 0 Å². The Morgan fingerprint density at radius 3 is 2.57 bits per heavy atom. The Labute approximate surface area is 173 Å². The topological polar surface area (TPSA) is 76.1 Å². The zero-order valence-corrected chi connectivity index (χ0v) is 16.5. The van der Waals surface area contributed by atoms with E-state index in [1.54, 1.807) is 30.3 Å². The van der Waals surface area contributed by atoms with Gasteiger partial charge in [-0.3, -0.25) is 9.59 Å². The van der Waals surface area contributed by atoms with E-state index < -0.39 is 23.5 Å². The number of ether oxygens (including phenoxy) is 2. The van der Waals surface area contributed by atoms with Crippen LogP contribution < -0.4 is 4.74 Å². The summed E-state index contributed by atoms with van der Waals surface area (Å²) in [4.78, 5) is 27.1. The van der Waals surface area contributed by atoms with Crippen LogP contribution >= 0.6 is 0 Å². The molecule has 0 aromatic heterocycles. The number of halogens is 1. The highest BCUT2D eigenvalue weighted by Gasteiger charge is 2.47. The third kappa shape index (κ3) is 3.57. The van der Waals surface area contributed by atoms with Gasteiger partial charge in [-0.25, -0.2) is 4.39 Å². The Bertz CT molecular complexity index is 995. The van der Waals surface area contributed by atoms with Crippen molar-refractivity contribution in [2.24, 2.45) is 0 Å². The molecule has 0 saturated carbocycles. The number of rotatable bonds is 5. The van der Waals surface area contributed by atoms with Gasteiger partial charge in [0.05, 0.1) is 24.8 Å². The van der Waals surface area contributed by atoms with Crippen LogP contribution in [0.25, 0.3) is 5.76 Å². The molecule has 2 heterocycles. The van der Waals surface area contributed by atoms with Crippen LogP contribution in [0, 0.1) is 5.82 Å². The quantitative estimate of drug-likeness (QED) is 0.463. The maximum atomic E-state index is 14.7. The van der Waals surface area contributed by atoms with Crippen molar-refractivity contribution in [3.8, 4) is 5.75 Å². The highest BCUT2D eigenvalue weighted by molar-refractivity contribution is 6.46. The van der Waals surface area contributed by atoms with E-state index >= 15 is 0 Å². The van der Waals surface area contributed by atoms with Crippen molar-refractivity contribution < 1.29 is 28.6 Å². The number of amides is 1. The van der Waals surface area contributed by atoms with Crippen LogP contribution in [0.4, 0.5) is 4.39 Å². The molecule has 2 saturated heterocycles. The fraction of sp³-hybridized carbons (Fsp3) is 0.304. The number of aliphatic hydroxyl groups is 1. The Kier molecular flexibility index (Phi) is 5.55. The summed E-state index contributed by atoms with van der Waals surface area (Å²) in [5.41, 5.74) is 0.366. The number of methoxy groups -OCH3 is 1. The number of Topliss-reactive ketones (excluding diaryl/α,β-unsaturated/α-hetero) is 1. The summed E-state index contributed by atoms with van der Waals surface area (Å²) in [6.45, 7) is 0.744. The van der Waals surface area contributed by atoms with E-state index in [1.165, 1.54) is 30.2 Å². The minimum Gasteiger partial charge on any atom is -0.507 e. The van der Waals surface area contributed by atoms with Gasteiger partial charge in [-0.1, -0.05) is 18.2 Å². The van der Waals surface area contributed by atoms with Crippen molar-refractivity contribution in [2.75, 3.05) is 20.3 Å². The monoisotopic (exact) mass is 411 g/mol. The van der Waals surface area contributed by atoms with Crippen molar-refractivity contribution in [1.82, 2.24) is 4.90 Å². The lowest BCUT2D eigenvalue weighted by Gasteiger charge is -2.27. The van der Waals surface area contributed by atoms with Crippen molar-refractivity contribution >= 4 is 17.4 Å². The molecule has 0 aliphatic carbocycles. The number of ketones is 1. The summed E-state index contributed by atoms with van der Waals surface area (Å²) < 4.78 is 25.5. The second kappa shape index (κ2) is 8.28. The molecule has 0 bridgehead atoms. The lowest BCUT2D eigenvalue weighted by molar-refractivity contribution is -0.140. The van der Waals surface area contributed by atoms with Crippen LogP contribution in [-0.4, -0.2) is 48.1 Å². The lowest BCUT2D eigenvalue weighted by atomic mass is 9.94. The fourth-order valence-electron chi connectivity index (χ4n) is 4.00. The second-order valence-corrected chi connectivity index (χ2v) is 7.34.